The van der Waals surface area contributed by atoms with Crippen LogP contribution in [0.1, 0.15) is 5.69 Å². The second kappa shape index (κ2) is 4.81. The zero-order valence-electron chi connectivity index (χ0n) is 17.7. The van der Waals surface area contributed by atoms with E-state index in [9.17, 15) is 0 Å². The minimum absolute atomic E-state index is 0.200. The molecule has 10 heteroatoms. The molecule has 4 aliphatic heterocycles. The Kier molecular flexibility index (Phi) is 2.31. The van der Waals surface area contributed by atoms with Crippen molar-refractivity contribution in [1.82, 2.24) is 29.2 Å². The van der Waals surface area contributed by atoms with Crippen molar-refractivity contribution >= 4 is 39.5 Å². The maximum absolute atomic E-state index is 6.56. The molecular formula is C24H13N8OS+3. The SMILES string of the molecule is Cc1cc2n(n1)[N+]13c4c(ccc5c4-n4c6c(cncc6c6ncc[n+]1c64)S5)Oc1cccc-2[n+]13. The summed E-state index contributed by atoms with van der Waals surface area (Å²) in [4.78, 5) is 14.0. The number of aromatic nitrogens is 7. The first kappa shape index (κ1) is 16.4. The average Bonchev–Trinajstić information content (AvgIpc) is 3.49. The molecule has 9 heterocycles. The van der Waals surface area contributed by atoms with Gasteiger partial charge in [-0.05, 0) is 31.2 Å². The predicted molar refractivity (Wildman–Crippen MR) is 121 cm³/mol. The van der Waals surface area contributed by atoms with Gasteiger partial charge < -0.3 is 4.74 Å². The number of quaternary nitrogens is 1. The van der Waals surface area contributed by atoms with Crippen molar-refractivity contribution in [1.29, 1.82) is 0 Å². The molecule has 0 aliphatic carbocycles. The van der Waals surface area contributed by atoms with E-state index in [0.717, 1.165) is 71.9 Å². The van der Waals surface area contributed by atoms with Crippen LogP contribution in [-0.4, -0.2) is 24.4 Å². The van der Waals surface area contributed by atoms with Gasteiger partial charge in [0, 0.05) is 27.9 Å². The lowest BCUT2D eigenvalue weighted by atomic mass is 10.2. The Morgan fingerprint density at radius 3 is 3.06 bits per heavy atom. The highest BCUT2D eigenvalue weighted by Crippen LogP contribution is 2.56. The summed E-state index contributed by atoms with van der Waals surface area (Å²) >= 11 is 1.75. The normalized spacial score (nSPS) is 19.0. The fraction of sp³-hybridized carbons (Fsp3) is 0.0417. The molecule has 0 fully saturated rings. The van der Waals surface area contributed by atoms with Crippen molar-refractivity contribution in [3.8, 4) is 28.7 Å². The summed E-state index contributed by atoms with van der Waals surface area (Å²) in [5.41, 5.74) is 8.28. The maximum Gasteiger partial charge on any atom is 0.438 e. The fourth-order valence-electron chi connectivity index (χ4n) is 6.20. The van der Waals surface area contributed by atoms with E-state index in [4.69, 9.17) is 14.8 Å². The van der Waals surface area contributed by atoms with Gasteiger partial charge >= 0.3 is 22.9 Å². The van der Waals surface area contributed by atoms with Gasteiger partial charge in [-0.2, -0.15) is 4.57 Å². The molecule has 1 unspecified atom stereocenters. The highest BCUT2D eigenvalue weighted by atomic mass is 32.2. The van der Waals surface area contributed by atoms with Gasteiger partial charge in [-0.3, -0.25) is 4.98 Å². The molecular weight excluding hydrogens is 448 g/mol. The van der Waals surface area contributed by atoms with Crippen LogP contribution in [0, 0.1) is 6.92 Å². The molecule has 1 aromatic carbocycles. The molecule has 4 aliphatic rings. The molecule has 0 amide bonds. The van der Waals surface area contributed by atoms with Gasteiger partial charge in [0.15, 0.2) is 17.2 Å². The Morgan fingerprint density at radius 2 is 2.09 bits per heavy atom. The lowest BCUT2D eigenvalue weighted by molar-refractivity contribution is -1.05. The number of ether oxygens (including phenoxy) is 1. The summed E-state index contributed by atoms with van der Waals surface area (Å²) < 4.78 is 13.4. The van der Waals surface area contributed by atoms with Gasteiger partial charge in [0.25, 0.3) is 0 Å². The summed E-state index contributed by atoms with van der Waals surface area (Å²) in [6.07, 6.45) is 7.79. The Morgan fingerprint density at radius 1 is 1.12 bits per heavy atom. The van der Waals surface area contributed by atoms with Crippen LogP contribution in [0.2, 0.25) is 0 Å². The monoisotopic (exact) mass is 461 g/mol. The number of benzene rings is 1. The van der Waals surface area contributed by atoms with Crippen molar-refractivity contribution < 1.29 is 14.1 Å². The van der Waals surface area contributed by atoms with E-state index in [0.29, 0.717) is 0 Å². The quantitative estimate of drug-likeness (QED) is 0.256. The summed E-state index contributed by atoms with van der Waals surface area (Å²) in [5, 5.41) is 6.10. The molecule has 6 aromatic rings. The molecule has 9 nitrogen and oxygen atoms in total. The number of hydrogen-bond acceptors (Lipinski definition) is 5. The third-order valence-electron chi connectivity index (χ3n) is 7.30. The zero-order valence-corrected chi connectivity index (χ0v) is 18.5. The summed E-state index contributed by atoms with van der Waals surface area (Å²) in [6.45, 7) is 2.04. The molecule has 5 aromatic heterocycles. The van der Waals surface area contributed by atoms with Crippen molar-refractivity contribution in [2.24, 2.45) is 0 Å². The van der Waals surface area contributed by atoms with Crippen LogP contribution in [0.25, 0.3) is 39.1 Å². The zero-order chi connectivity index (χ0) is 21.9. The lowest BCUT2D eigenvalue weighted by Gasteiger charge is -2.31. The van der Waals surface area contributed by atoms with Crippen LogP contribution in [0.4, 0.5) is 5.69 Å². The van der Waals surface area contributed by atoms with E-state index in [1.807, 2.05) is 43.8 Å². The number of rotatable bonds is 0. The lowest BCUT2D eigenvalue weighted by Crippen LogP contribution is -2.88. The van der Waals surface area contributed by atoms with Gasteiger partial charge in [0.05, 0.1) is 33.1 Å². The standard InChI is InChI=1S/C24H13N8OS/c1-12-9-15-14-3-2-4-19-30(14)32(31(15)27-12)23-16(33-19)5-6-17-22(23)29-21-13(10-25-11-18(21)34-17)20-24(29)28(32)8-7-26-20/h2-11H,1H3/q+3. The van der Waals surface area contributed by atoms with Crippen LogP contribution >= 0.6 is 11.8 Å². The summed E-state index contributed by atoms with van der Waals surface area (Å²) in [6, 6.07) is 12.6. The van der Waals surface area contributed by atoms with Crippen molar-refractivity contribution in [2.45, 2.75) is 16.7 Å². The second-order valence-electron chi connectivity index (χ2n) is 8.97. The fourth-order valence-corrected chi connectivity index (χ4v) is 7.27. The largest absolute Gasteiger partial charge is 0.438 e. The predicted octanol–water partition coefficient (Wildman–Crippen LogP) is 3.21. The van der Waals surface area contributed by atoms with E-state index in [1.165, 1.54) is 0 Å². The van der Waals surface area contributed by atoms with E-state index < -0.39 is 0 Å². The van der Waals surface area contributed by atoms with Crippen LogP contribution in [-0.2, 0) is 0 Å². The maximum atomic E-state index is 6.56. The third-order valence-corrected chi connectivity index (χ3v) is 8.37. The number of aryl methyl sites for hydroxylation is 1. The first-order valence-corrected chi connectivity index (χ1v) is 11.8. The number of hydrogen-bond donors (Lipinski definition) is 0. The molecule has 34 heavy (non-hydrogen) atoms. The van der Waals surface area contributed by atoms with Gasteiger partial charge in [0.1, 0.15) is 4.68 Å². The number of nitrogens with zero attached hydrogens (tertiary/aromatic N) is 8. The van der Waals surface area contributed by atoms with Crippen LogP contribution in [0.15, 0.2) is 71.0 Å². The summed E-state index contributed by atoms with van der Waals surface area (Å²) in [5.74, 6) is 1.58. The topological polar surface area (TPSA) is 65.5 Å². The number of pyridine rings is 2. The Labute approximate surface area is 195 Å². The van der Waals surface area contributed by atoms with Gasteiger partial charge in [-0.1, -0.05) is 11.8 Å². The highest BCUT2D eigenvalue weighted by Gasteiger charge is 2.72. The molecule has 0 N–H and O–H groups in total. The second-order valence-corrected chi connectivity index (χ2v) is 10.0. The van der Waals surface area contributed by atoms with Crippen molar-refractivity contribution in [3.63, 3.8) is 0 Å². The Hall–Kier alpha value is -4.28. The molecule has 158 valence electrons. The highest BCUT2D eigenvalue weighted by molar-refractivity contribution is 7.99. The van der Waals surface area contributed by atoms with Crippen molar-refractivity contribution in [3.05, 3.63) is 66.9 Å². The van der Waals surface area contributed by atoms with E-state index in [1.54, 1.807) is 11.8 Å². The average molecular weight is 461 g/mol. The molecule has 10 rings (SSSR count). The van der Waals surface area contributed by atoms with Crippen LogP contribution < -0.4 is 18.9 Å². The van der Waals surface area contributed by atoms with Crippen molar-refractivity contribution in [2.75, 3.05) is 0 Å². The van der Waals surface area contributed by atoms with E-state index >= 15 is 0 Å². The van der Waals surface area contributed by atoms with Gasteiger partial charge in [0.2, 0.25) is 21.9 Å². The Balaban J connectivity index is 1.59. The van der Waals surface area contributed by atoms with Crippen LogP contribution in [0.3, 0.4) is 0 Å². The third kappa shape index (κ3) is 1.40. The summed E-state index contributed by atoms with van der Waals surface area (Å²) in [7, 11) is 0. The molecule has 0 saturated carbocycles. The minimum atomic E-state index is 0.200. The van der Waals surface area contributed by atoms with E-state index in [2.05, 4.69) is 48.0 Å². The first-order chi connectivity index (χ1) is 16.8. The van der Waals surface area contributed by atoms with E-state index in [-0.39, 0.29) is 4.81 Å². The Bertz CT molecular complexity index is 2010. The van der Waals surface area contributed by atoms with Gasteiger partial charge in [-0.25, -0.2) is 4.98 Å². The minimum Gasteiger partial charge on any atom is -0.394 e. The smallest absolute Gasteiger partial charge is 0.394 e. The molecule has 1 atom stereocenters. The molecule has 0 radical (unpaired) electrons. The number of fused-ring (bicyclic) bond motifs is 3. The molecule has 0 saturated heterocycles. The first-order valence-electron chi connectivity index (χ1n) is 11.0. The molecule has 1 spiro atoms. The van der Waals surface area contributed by atoms with Gasteiger partial charge in [-0.15, -0.1) is 5.10 Å². The van der Waals surface area contributed by atoms with Crippen LogP contribution in [0.5, 0.6) is 11.6 Å². The molecule has 0 bridgehead atoms.